The van der Waals surface area contributed by atoms with Crippen molar-refractivity contribution in [3.8, 4) is 0 Å². The van der Waals surface area contributed by atoms with Crippen LogP contribution in [-0.4, -0.2) is 29.3 Å². The van der Waals surface area contributed by atoms with E-state index in [-0.39, 0.29) is 5.56 Å². The molecule has 1 aromatic rings. The molecule has 1 atom stereocenters. The molecule has 5 heteroatoms. The lowest BCUT2D eigenvalue weighted by Crippen LogP contribution is -2.21. The third-order valence-corrected chi connectivity index (χ3v) is 3.34. The van der Waals surface area contributed by atoms with Crippen LogP contribution in [0.4, 0.5) is 8.78 Å². The van der Waals surface area contributed by atoms with Crippen molar-refractivity contribution in [1.29, 1.82) is 0 Å². The van der Waals surface area contributed by atoms with Gasteiger partial charge in [0, 0.05) is 20.2 Å². The Kier molecular flexibility index (Phi) is 6.94. The summed E-state index contributed by atoms with van der Waals surface area (Å²) in [5.41, 5.74) is 1.18. The van der Waals surface area contributed by atoms with E-state index in [2.05, 4.69) is 18.9 Å². The lowest BCUT2D eigenvalue weighted by atomic mass is 10.0. The molecule has 1 rings (SSSR count). The summed E-state index contributed by atoms with van der Waals surface area (Å²) in [6, 6.07) is 6.55. The van der Waals surface area contributed by atoms with Crippen LogP contribution >= 0.6 is 0 Å². The van der Waals surface area contributed by atoms with Crippen molar-refractivity contribution in [3.63, 3.8) is 0 Å². The molecule has 0 heterocycles. The number of nitrogens with zero attached hydrogens (tertiary/aromatic N) is 2. The van der Waals surface area contributed by atoms with Crippen LogP contribution in [0.1, 0.15) is 50.8 Å². The van der Waals surface area contributed by atoms with Gasteiger partial charge in [-0.1, -0.05) is 38.1 Å². The second-order valence-electron chi connectivity index (χ2n) is 6.19. The fourth-order valence-electron chi connectivity index (χ4n) is 2.01. The molecule has 1 unspecified atom stereocenters. The summed E-state index contributed by atoms with van der Waals surface area (Å²) in [7, 11) is 1.87. The molecule has 0 spiro atoms. The van der Waals surface area contributed by atoms with Crippen LogP contribution in [0.3, 0.4) is 0 Å². The summed E-state index contributed by atoms with van der Waals surface area (Å²) in [4.78, 5) is 0. The largest absolute Gasteiger partial charge is 0.382 e. The van der Waals surface area contributed by atoms with E-state index in [0.29, 0.717) is 19.4 Å². The zero-order chi connectivity index (χ0) is 16.8. The SMILES string of the molecule is CC(C)CC/C=N\N(C)Cc1ccc(C(O)C(C)(F)F)cc1. The summed E-state index contributed by atoms with van der Waals surface area (Å²) in [6.07, 6.45) is 2.18. The van der Waals surface area contributed by atoms with Crippen LogP contribution in [0.25, 0.3) is 0 Å². The van der Waals surface area contributed by atoms with Gasteiger partial charge in [-0.25, -0.2) is 8.78 Å². The number of aliphatic hydroxyl groups is 1. The summed E-state index contributed by atoms with van der Waals surface area (Å²) in [5, 5.41) is 15.7. The smallest absolute Gasteiger partial charge is 0.274 e. The van der Waals surface area contributed by atoms with Gasteiger partial charge >= 0.3 is 0 Å². The zero-order valence-corrected chi connectivity index (χ0v) is 13.8. The lowest BCUT2D eigenvalue weighted by molar-refractivity contribution is -0.0954. The van der Waals surface area contributed by atoms with Gasteiger partial charge in [0.1, 0.15) is 6.10 Å². The predicted octanol–water partition coefficient (Wildman–Crippen LogP) is 4.23. The van der Waals surface area contributed by atoms with Gasteiger partial charge in [0.15, 0.2) is 0 Å². The number of hydrazone groups is 1. The molecule has 0 aliphatic rings. The molecular weight excluding hydrogens is 286 g/mol. The van der Waals surface area contributed by atoms with E-state index < -0.39 is 12.0 Å². The molecule has 0 aromatic heterocycles. The minimum atomic E-state index is -3.14. The normalized spacial score (nSPS) is 13.8. The zero-order valence-electron chi connectivity index (χ0n) is 13.8. The average molecular weight is 312 g/mol. The van der Waals surface area contributed by atoms with E-state index >= 15 is 0 Å². The molecule has 0 fully saturated rings. The second-order valence-corrected chi connectivity index (χ2v) is 6.19. The van der Waals surface area contributed by atoms with Gasteiger partial charge in [-0.15, -0.1) is 0 Å². The van der Waals surface area contributed by atoms with Crippen molar-refractivity contribution >= 4 is 6.21 Å². The maximum absolute atomic E-state index is 13.1. The minimum absolute atomic E-state index is 0.222. The Morgan fingerprint density at radius 3 is 2.36 bits per heavy atom. The molecule has 0 aliphatic carbocycles. The molecule has 1 N–H and O–H groups in total. The van der Waals surface area contributed by atoms with Crippen LogP contribution in [0.15, 0.2) is 29.4 Å². The van der Waals surface area contributed by atoms with E-state index in [1.807, 2.05) is 13.3 Å². The van der Waals surface area contributed by atoms with Gasteiger partial charge in [0.05, 0.1) is 6.54 Å². The van der Waals surface area contributed by atoms with E-state index in [1.54, 1.807) is 17.1 Å². The minimum Gasteiger partial charge on any atom is -0.382 e. The van der Waals surface area contributed by atoms with Crippen molar-refractivity contribution < 1.29 is 13.9 Å². The highest BCUT2D eigenvalue weighted by molar-refractivity contribution is 5.56. The van der Waals surface area contributed by atoms with Gasteiger partial charge in [-0.05, 0) is 29.9 Å². The first-order valence-electron chi connectivity index (χ1n) is 7.58. The topological polar surface area (TPSA) is 35.8 Å². The number of halogens is 2. The molecule has 1 aromatic carbocycles. The second kappa shape index (κ2) is 8.22. The maximum Gasteiger partial charge on any atom is 0.274 e. The number of alkyl halides is 2. The summed E-state index contributed by atoms with van der Waals surface area (Å²) in [6.45, 7) is 5.66. The quantitative estimate of drug-likeness (QED) is 0.576. The van der Waals surface area contributed by atoms with E-state index in [1.165, 1.54) is 12.1 Å². The molecule has 0 radical (unpaired) electrons. The maximum atomic E-state index is 13.1. The van der Waals surface area contributed by atoms with Crippen LogP contribution in [-0.2, 0) is 6.54 Å². The van der Waals surface area contributed by atoms with E-state index in [9.17, 15) is 13.9 Å². The first kappa shape index (κ1) is 18.6. The van der Waals surface area contributed by atoms with Crippen LogP contribution in [0.2, 0.25) is 0 Å². The average Bonchev–Trinajstić information content (AvgIpc) is 2.42. The van der Waals surface area contributed by atoms with Crippen molar-refractivity contribution in [2.75, 3.05) is 7.05 Å². The molecule has 124 valence electrons. The monoisotopic (exact) mass is 312 g/mol. The Bertz CT molecular complexity index is 467. The van der Waals surface area contributed by atoms with Gasteiger partial charge in [0.2, 0.25) is 0 Å². The molecular formula is C17H26F2N2O. The van der Waals surface area contributed by atoms with Gasteiger partial charge in [0.25, 0.3) is 5.92 Å². The van der Waals surface area contributed by atoms with Crippen LogP contribution in [0, 0.1) is 5.92 Å². The number of aliphatic hydroxyl groups excluding tert-OH is 1. The lowest BCUT2D eigenvalue weighted by Gasteiger charge is -2.19. The molecule has 0 saturated heterocycles. The molecule has 0 aliphatic heterocycles. The first-order chi connectivity index (χ1) is 10.2. The van der Waals surface area contributed by atoms with Crippen LogP contribution in [0.5, 0.6) is 0 Å². The van der Waals surface area contributed by atoms with Crippen molar-refractivity contribution in [3.05, 3.63) is 35.4 Å². The Morgan fingerprint density at radius 2 is 1.86 bits per heavy atom. The molecule has 0 bridgehead atoms. The summed E-state index contributed by atoms with van der Waals surface area (Å²) in [5.74, 6) is -2.48. The van der Waals surface area contributed by atoms with E-state index in [0.717, 1.165) is 18.4 Å². The van der Waals surface area contributed by atoms with Gasteiger partial charge in [-0.3, -0.25) is 5.01 Å². The number of hydrogen-bond donors (Lipinski definition) is 1. The molecule has 0 saturated carbocycles. The summed E-state index contributed by atoms with van der Waals surface area (Å²) >= 11 is 0. The number of hydrogen-bond acceptors (Lipinski definition) is 3. The highest BCUT2D eigenvalue weighted by Gasteiger charge is 2.33. The highest BCUT2D eigenvalue weighted by atomic mass is 19.3. The standard InChI is InChI=1S/C17H26F2N2O/c1-13(2)6-5-11-20-21(4)12-14-7-9-15(10-8-14)16(22)17(3,18)19/h7-11,13,16,22H,5-6,12H2,1-4H3/b20-11-. The predicted molar refractivity (Wildman–Crippen MR) is 86.1 cm³/mol. The Hall–Kier alpha value is -1.49. The molecule has 22 heavy (non-hydrogen) atoms. The fraction of sp³-hybridized carbons (Fsp3) is 0.588. The van der Waals surface area contributed by atoms with E-state index in [4.69, 9.17) is 0 Å². The van der Waals surface area contributed by atoms with Gasteiger partial charge < -0.3 is 5.11 Å². The Morgan fingerprint density at radius 1 is 1.27 bits per heavy atom. The van der Waals surface area contributed by atoms with Crippen molar-refractivity contribution in [2.24, 2.45) is 11.0 Å². The van der Waals surface area contributed by atoms with Crippen LogP contribution < -0.4 is 0 Å². The fourth-order valence-corrected chi connectivity index (χ4v) is 2.01. The van der Waals surface area contributed by atoms with Gasteiger partial charge in [-0.2, -0.15) is 5.10 Å². The van der Waals surface area contributed by atoms with Crippen molar-refractivity contribution in [2.45, 2.75) is 52.2 Å². The number of benzene rings is 1. The Labute approximate surface area is 131 Å². The molecule has 3 nitrogen and oxygen atoms in total. The first-order valence-corrected chi connectivity index (χ1v) is 7.58. The number of rotatable bonds is 8. The van der Waals surface area contributed by atoms with Crippen molar-refractivity contribution in [1.82, 2.24) is 5.01 Å². The highest BCUT2D eigenvalue weighted by Crippen LogP contribution is 2.30. The molecule has 0 amide bonds. The third-order valence-electron chi connectivity index (χ3n) is 3.34. The third kappa shape index (κ3) is 6.52. The Balaban J connectivity index is 2.53. The summed E-state index contributed by atoms with van der Waals surface area (Å²) < 4.78 is 26.1.